The monoisotopic (exact) mass is 232 g/mol. The Morgan fingerprint density at radius 3 is 2.06 bits per heavy atom. The molecule has 0 unspecified atom stereocenters. The van der Waals surface area contributed by atoms with Crippen LogP contribution < -0.4 is 5.43 Å². The van der Waals surface area contributed by atoms with Gasteiger partial charge in [0.1, 0.15) is 0 Å². The Morgan fingerprint density at radius 1 is 1.00 bits per heavy atom. The predicted molar refractivity (Wildman–Crippen MR) is 55.6 cm³/mol. The van der Waals surface area contributed by atoms with Crippen molar-refractivity contribution >= 4 is 0 Å². The summed E-state index contributed by atoms with van der Waals surface area (Å²) in [7, 11) is 0. The van der Waals surface area contributed by atoms with Gasteiger partial charge in [0.05, 0.1) is 5.92 Å². The molecule has 1 saturated carbocycles. The number of alkyl halides is 3. The molecule has 1 fully saturated rings. The fourth-order valence-corrected chi connectivity index (χ4v) is 2.18. The molecule has 0 saturated heterocycles. The molecule has 0 spiro atoms. The van der Waals surface area contributed by atoms with Gasteiger partial charge in [0.25, 0.3) is 0 Å². The van der Waals surface area contributed by atoms with Crippen LogP contribution >= 0.6 is 0 Å². The van der Waals surface area contributed by atoms with Crippen LogP contribution in [0.4, 0.5) is 13.2 Å². The molecule has 1 aromatic rings. The first-order valence-corrected chi connectivity index (χ1v) is 5.52. The van der Waals surface area contributed by atoms with E-state index in [1.54, 1.807) is 4.68 Å². The average molecular weight is 232 g/mol. The molecule has 90 valence electrons. The third-order valence-electron chi connectivity index (χ3n) is 3.13. The van der Waals surface area contributed by atoms with Gasteiger partial charge in [-0.25, -0.2) is 0 Å². The van der Waals surface area contributed by atoms with Gasteiger partial charge in [0.15, 0.2) is 0 Å². The molecule has 2 nitrogen and oxygen atoms in total. The van der Waals surface area contributed by atoms with E-state index in [-0.39, 0.29) is 18.9 Å². The van der Waals surface area contributed by atoms with Crippen molar-refractivity contribution in [2.24, 2.45) is 5.92 Å². The van der Waals surface area contributed by atoms with Crippen LogP contribution in [0.1, 0.15) is 25.7 Å². The standard InChI is InChI=1S/C11H15F3N2/c12-11(13,14)9-3-5-10(6-4-9)15-16-7-1-2-8-16/h1-2,7-10,15H,3-6H2. The molecule has 1 aliphatic carbocycles. The number of nitrogens with zero attached hydrogens (tertiary/aromatic N) is 1. The maximum atomic E-state index is 12.4. The van der Waals surface area contributed by atoms with E-state index in [4.69, 9.17) is 0 Å². The molecule has 1 aromatic heterocycles. The molecule has 1 aliphatic rings. The second-order valence-electron chi connectivity index (χ2n) is 4.31. The Morgan fingerprint density at radius 2 is 1.56 bits per heavy atom. The molecule has 0 amide bonds. The van der Waals surface area contributed by atoms with E-state index in [1.165, 1.54) is 0 Å². The normalized spacial score (nSPS) is 26.7. The van der Waals surface area contributed by atoms with Crippen molar-refractivity contribution in [3.05, 3.63) is 24.5 Å². The van der Waals surface area contributed by atoms with Crippen LogP contribution in [-0.4, -0.2) is 16.9 Å². The number of halogens is 3. The van der Waals surface area contributed by atoms with Crippen LogP contribution in [0, 0.1) is 5.92 Å². The van der Waals surface area contributed by atoms with Gasteiger partial charge >= 0.3 is 6.18 Å². The van der Waals surface area contributed by atoms with Crippen molar-refractivity contribution in [2.75, 3.05) is 5.43 Å². The Balaban J connectivity index is 1.82. The van der Waals surface area contributed by atoms with Crippen LogP contribution in [0.2, 0.25) is 0 Å². The van der Waals surface area contributed by atoms with Crippen molar-refractivity contribution in [1.29, 1.82) is 0 Å². The summed E-state index contributed by atoms with van der Waals surface area (Å²) in [5.41, 5.74) is 3.18. The van der Waals surface area contributed by atoms with Crippen molar-refractivity contribution in [2.45, 2.75) is 37.9 Å². The minimum atomic E-state index is -4.02. The molecule has 0 radical (unpaired) electrons. The lowest BCUT2D eigenvalue weighted by atomic mass is 9.86. The second kappa shape index (κ2) is 4.39. The zero-order valence-corrected chi connectivity index (χ0v) is 8.87. The lowest BCUT2D eigenvalue weighted by Crippen LogP contribution is -2.35. The van der Waals surface area contributed by atoms with Gasteiger partial charge in [-0.3, -0.25) is 4.68 Å². The highest BCUT2D eigenvalue weighted by molar-refractivity contribution is 4.96. The van der Waals surface area contributed by atoms with Gasteiger partial charge < -0.3 is 5.43 Å². The summed E-state index contributed by atoms with van der Waals surface area (Å²) in [4.78, 5) is 0. The van der Waals surface area contributed by atoms with E-state index >= 15 is 0 Å². The number of hydrogen-bond donors (Lipinski definition) is 1. The van der Waals surface area contributed by atoms with Gasteiger partial charge in [-0.2, -0.15) is 13.2 Å². The molecule has 0 bridgehead atoms. The summed E-state index contributed by atoms with van der Waals surface area (Å²) < 4.78 is 39.1. The summed E-state index contributed by atoms with van der Waals surface area (Å²) in [5, 5.41) is 0. The predicted octanol–water partition coefficient (Wildman–Crippen LogP) is 3.15. The van der Waals surface area contributed by atoms with E-state index in [9.17, 15) is 13.2 Å². The van der Waals surface area contributed by atoms with Gasteiger partial charge in [-0.15, -0.1) is 0 Å². The van der Waals surface area contributed by atoms with Gasteiger partial charge in [-0.05, 0) is 37.8 Å². The van der Waals surface area contributed by atoms with E-state index < -0.39 is 12.1 Å². The van der Waals surface area contributed by atoms with E-state index in [0.29, 0.717) is 12.8 Å². The summed E-state index contributed by atoms with van der Waals surface area (Å²) in [6.07, 6.45) is 1.35. The maximum absolute atomic E-state index is 12.4. The SMILES string of the molecule is FC(F)(F)C1CCC(Nn2cccc2)CC1. The Labute approximate surface area is 92.4 Å². The highest BCUT2D eigenvalue weighted by atomic mass is 19.4. The number of nitrogens with one attached hydrogen (secondary N) is 1. The largest absolute Gasteiger partial charge is 0.391 e. The fraction of sp³-hybridized carbons (Fsp3) is 0.636. The molecule has 16 heavy (non-hydrogen) atoms. The highest BCUT2D eigenvalue weighted by Gasteiger charge is 2.41. The van der Waals surface area contributed by atoms with E-state index in [1.807, 2.05) is 24.5 Å². The Kier molecular flexibility index (Phi) is 3.12. The summed E-state index contributed by atoms with van der Waals surface area (Å²) in [6.45, 7) is 0. The first kappa shape index (κ1) is 11.4. The first-order valence-electron chi connectivity index (χ1n) is 5.52. The zero-order chi connectivity index (χ0) is 11.6. The Bertz CT molecular complexity index is 310. The molecule has 1 heterocycles. The summed E-state index contributed by atoms with van der Waals surface area (Å²) in [5.74, 6) is -1.10. The van der Waals surface area contributed by atoms with Crippen molar-refractivity contribution < 1.29 is 13.2 Å². The minimum Gasteiger partial charge on any atom is -0.323 e. The minimum absolute atomic E-state index is 0.158. The van der Waals surface area contributed by atoms with Crippen molar-refractivity contribution in [3.63, 3.8) is 0 Å². The number of rotatable bonds is 2. The van der Waals surface area contributed by atoms with Crippen LogP contribution in [0.3, 0.4) is 0 Å². The van der Waals surface area contributed by atoms with Gasteiger partial charge in [0.2, 0.25) is 0 Å². The first-order chi connectivity index (χ1) is 7.55. The molecular weight excluding hydrogens is 217 g/mol. The van der Waals surface area contributed by atoms with E-state index in [0.717, 1.165) is 0 Å². The summed E-state index contributed by atoms with van der Waals surface area (Å²) >= 11 is 0. The zero-order valence-electron chi connectivity index (χ0n) is 8.87. The van der Waals surface area contributed by atoms with Gasteiger partial charge in [-0.1, -0.05) is 0 Å². The highest BCUT2D eigenvalue weighted by Crippen LogP contribution is 2.37. The van der Waals surface area contributed by atoms with Crippen LogP contribution in [-0.2, 0) is 0 Å². The number of hydrogen-bond acceptors (Lipinski definition) is 1. The quantitative estimate of drug-likeness (QED) is 0.828. The van der Waals surface area contributed by atoms with Gasteiger partial charge in [0, 0.05) is 18.4 Å². The molecular formula is C11H15F3N2. The topological polar surface area (TPSA) is 17.0 Å². The average Bonchev–Trinajstić information content (AvgIpc) is 2.70. The fourth-order valence-electron chi connectivity index (χ4n) is 2.18. The van der Waals surface area contributed by atoms with Crippen LogP contribution in [0.5, 0.6) is 0 Å². The smallest absolute Gasteiger partial charge is 0.323 e. The van der Waals surface area contributed by atoms with Crippen LogP contribution in [0.25, 0.3) is 0 Å². The summed E-state index contributed by atoms with van der Waals surface area (Å²) in [6, 6.07) is 3.92. The molecule has 0 aromatic carbocycles. The third-order valence-corrected chi connectivity index (χ3v) is 3.13. The van der Waals surface area contributed by atoms with Crippen molar-refractivity contribution in [3.8, 4) is 0 Å². The maximum Gasteiger partial charge on any atom is 0.391 e. The molecule has 5 heteroatoms. The van der Waals surface area contributed by atoms with Crippen LogP contribution in [0.15, 0.2) is 24.5 Å². The lowest BCUT2D eigenvalue weighted by Gasteiger charge is -2.30. The molecule has 2 rings (SSSR count). The van der Waals surface area contributed by atoms with E-state index in [2.05, 4.69) is 5.43 Å². The second-order valence-corrected chi connectivity index (χ2v) is 4.31. The van der Waals surface area contributed by atoms with Crippen molar-refractivity contribution in [1.82, 2.24) is 4.68 Å². The third kappa shape index (κ3) is 2.71. The Hall–Kier alpha value is -1.13. The lowest BCUT2D eigenvalue weighted by molar-refractivity contribution is -0.182. The molecule has 1 N–H and O–H groups in total. The number of aromatic nitrogens is 1. The molecule has 0 atom stereocenters. The molecule has 0 aliphatic heterocycles.